The molecule has 0 heterocycles. The van der Waals surface area contributed by atoms with Gasteiger partial charge in [-0.3, -0.25) is 0 Å². The van der Waals surface area contributed by atoms with Crippen LogP contribution in [0, 0.1) is 17.7 Å². The first-order chi connectivity index (χ1) is 9.84. The average molecular weight is 314 g/mol. The minimum Gasteiger partial charge on any atom is -0.383 e. The van der Waals surface area contributed by atoms with E-state index in [2.05, 4.69) is 11.8 Å². The second kappa shape index (κ2) is 7.52. The Morgan fingerprint density at radius 1 is 1.48 bits per heavy atom. The predicted molar refractivity (Wildman–Crippen MR) is 78.6 cm³/mol. The molecule has 1 atom stereocenters. The Kier molecular flexibility index (Phi) is 6.30. The van der Waals surface area contributed by atoms with E-state index in [0.29, 0.717) is 5.56 Å². The molecular formula is C14H19FN2O3S. The number of likely N-dealkylation sites (N-methyl/N-ethyl adjacent to an activating group) is 1. The summed E-state index contributed by atoms with van der Waals surface area (Å²) in [7, 11) is -1.06. The molecule has 0 aliphatic rings. The van der Waals surface area contributed by atoms with Gasteiger partial charge in [0.25, 0.3) is 0 Å². The molecule has 0 amide bonds. The molecule has 0 radical (unpaired) electrons. The number of halogens is 1. The van der Waals surface area contributed by atoms with Gasteiger partial charge in [-0.2, -0.15) is 4.31 Å². The molecule has 116 valence electrons. The molecule has 0 saturated heterocycles. The van der Waals surface area contributed by atoms with Crippen LogP contribution < -0.4 is 5.73 Å². The number of nitrogens with zero attached hydrogens (tertiary/aromatic N) is 1. The van der Waals surface area contributed by atoms with Gasteiger partial charge >= 0.3 is 0 Å². The number of ether oxygens (including phenoxy) is 1. The molecule has 2 N–H and O–H groups in total. The molecule has 0 saturated carbocycles. The van der Waals surface area contributed by atoms with Crippen molar-refractivity contribution in [2.45, 2.75) is 17.9 Å². The van der Waals surface area contributed by atoms with Gasteiger partial charge in [-0.15, -0.1) is 0 Å². The highest BCUT2D eigenvalue weighted by Gasteiger charge is 2.28. The van der Waals surface area contributed by atoms with E-state index >= 15 is 0 Å². The van der Waals surface area contributed by atoms with E-state index < -0.39 is 21.9 Å². The van der Waals surface area contributed by atoms with Gasteiger partial charge in [0.2, 0.25) is 10.0 Å². The number of hydrogen-bond donors (Lipinski definition) is 1. The lowest BCUT2D eigenvalue weighted by Gasteiger charge is -2.23. The van der Waals surface area contributed by atoms with Crippen molar-refractivity contribution in [2.75, 3.05) is 27.3 Å². The number of nitrogens with two attached hydrogens (primary N) is 1. The first kappa shape index (κ1) is 17.6. The van der Waals surface area contributed by atoms with Crippen LogP contribution in [0.5, 0.6) is 0 Å². The Morgan fingerprint density at radius 3 is 2.67 bits per heavy atom. The van der Waals surface area contributed by atoms with E-state index in [9.17, 15) is 12.8 Å². The SMILES string of the molecule is COCC(C)N(C)S(=O)(=O)c1ccc(C#CCN)cc1F. The monoisotopic (exact) mass is 314 g/mol. The summed E-state index contributed by atoms with van der Waals surface area (Å²) in [4.78, 5) is -0.383. The lowest BCUT2D eigenvalue weighted by Crippen LogP contribution is -2.38. The summed E-state index contributed by atoms with van der Waals surface area (Å²) in [5.74, 6) is 4.40. The zero-order chi connectivity index (χ0) is 16.0. The topological polar surface area (TPSA) is 72.6 Å². The van der Waals surface area contributed by atoms with Gasteiger partial charge in [-0.25, -0.2) is 12.8 Å². The maximum absolute atomic E-state index is 14.0. The van der Waals surface area contributed by atoms with Crippen molar-refractivity contribution in [1.82, 2.24) is 4.31 Å². The van der Waals surface area contributed by atoms with Crippen LogP contribution in [0.25, 0.3) is 0 Å². The summed E-state index contributed by atoms with van der Waals surface area (Å²) < 4.78 is 44.8. The Morgan fingerprint density at radius 2 is 2.14 bits per heavy atom. The van der Waals surface area contributed by atoms with Crippen molar-refractivity contribution >= 4 is 10.0 Å². The van der Waals surface area contributed by atoms with Gasteiger partial charge in [0.05, 0.1) is 13.2 Å². The van der Waals surface area contributed by atoms with Gasteiger partial charge in [-0.1, -0.05) is 11.8 Å². The number of sulfonamides is 1. The molecule has 1 rings (SSSR count). The smallest absolute Gasteiger partial charge is 0.246 e. The molecular weight excluding hydrogens is 295 g/mol. The van der Waals surface area contributed by atoms with Crippen LogP contribution >= 0.6 is 0 Å². The molecule has 21 heavy (non-hydrogen) atoms. The first-order valence-electron chi connectivity index (χ1n) is 6.30. The second-order valence-electron chi connectivity index (χ2n) is 4.48. The highest BCUT2D eigenvalue weighted by Crippen LogP contribution is 2.21. The maximum Gasteiger partial charge on any atom is 0.246 e. The summed E-state index contributed by atoms with van der Waals surface area (Å²) >= 11 is 0. The van der Waals surface area contributed by atoms with E-state index in [1.807, 2.05) is 0 Å². The van der Waals surface area contributed by atoms with E-state index in [1.165, 1.54) is 26.3 Å². The van der Waals surface area contributed by atoms with Crippen molar-refractivity contribution < 1.29 is 17.5 Å². The first-order valence-corrected chi connectivity index (χ1v) is 7.74. The second-order valence-corrected chi connectivity index (χ2v) is 6.44. The van der Waals surface area contributed by atoms with Crippen molar-refractivity contribution in [3.63, 3.8) is 0 Å². The number of hydrogen-bond acceptors (Lipinski definition) is 4. The fraction of sp³-hybridized carbons (Fsp3) is 0.429. The van der Waals surface area contributed by atoms with Crippen LogP contribution in [-0.4, -0.2) is 46.1 Å². The fourth-order valence-electron chi connectivity index (χ4n) is 1.68. The van der Waals surface area contributed by atoms with E-state index in [1.54, 1.807) is 6.92 Å². The van der Waals surface area contributed by atoms with Gasteiger partial charge in [-0.05, 0) is 25.1 Å². The van der Waals surface area contributed by atoms with Crippen molar-refractivity contribution in [3.8, 4) is 11.8 Å². The quantitative estimate of drug-likeness (QED) is 0.816. The van der Waals surface area contributed by atoms with Gasteiger partial charge in [0.1, 0.15) is 10.7 Å². The standard InChI is InChI=1S/C14H19FN2O3S/c1-11(10-20-3)17(2)21(18,19)14-7-6-12(5-4-8-16)9-13(14)15/h6-7,9,11H,8,10,16H2,1-3H3. The molecule has 7 heteroatoms. The zero-order valence-electron chi connectivity index (χ0n) is 12.3. The predicted octanol–water partition coefficient (Wildman–Crippen LogP) is 0.791. The third-order valence-corrected chi connectivity index (χ3v) is 4.96. The summed E-state index contributed by atoms with van der Waals surface area (Å²) in [6.45, 7) is 2.05. The van der Waals surface area contributed by atoms with Crippen LogP contribution in [-0.2, 0) is 14.8 Å². The summed E-state index contributed by atoms with van der Waals surface area (Å²) in [6, 6.07) is 3.34. The lowest BCUT2D eigenvalue weighted by atomic mass is 10.2. The number of rotatable bonds is 5. The fourth-order valence-corrected chi connectivity index (χ4v) is 3.07. The normalized spacial score (nSPS) is 12.9. The van der Waals surface area contributed by atoms with Gasteiger partial charge in [0.15, 0.2) is 0 Å². The Bertz CT molecular complexity index is 650. The number of methoxy groups -OCH3 is 1. The Balaban J connectivity index is 3.15. The maximum atomic E-state index is 14.0. The molecule has 1 aromatic carbocycles. The largest absolute Gasteiger partial charge is 0.383 e. The molecule has 1 aromatic rings. The van der Waals surface area contributed by atoms with Crippen LogP contribution in [0.3, 0.4) is 0 Å². The summed E-state index contributed by atoms with van der Waals surface area (Å²) in [5.41, 5.74) is 5.61. The molecule has 0 fully saturated rings. The van der Waals surface area contributed by atoms with E-state index in [0.717, 1.165) is 10.4 Å². The van der Waals surface area contributed by atoms with Crippen molar-refractivity contribution in [3.05, 3.63) is 29.6 Å². The molecule has 5 nitrogen and oxygen atoms in total. The average Bonchev–Trinajstić information content (AvgIpc) is 2.44. The molecule has 0 bridgehead atoms. The molecule has 0 spiro atoms. The molecule has 1 unspecified atom stereocenters. The van der Waals surface area contributed by atoms with Gasteiger partial charge < -0.3 is 10.5 Å². The Hall–Kier alpha value is -1.46. The van der Waals surface area contributed by atoms with Crippen LogP contribution in [0.2, 0.25) is 0 Å². The van der Waals surface area contributed by atoms with Crippen LogP contribution in [0.1, 0.15) is 12.5 Å². The Labute approximate surface area is 124 Å². The van der Waals surface area contributed by atoms with Crippen LogP contribution in [0.15, 0.2) is 23.1 Å². The highest BCUT2D eigenvalue weighted by atomic mass is 32.2. The molecule has 0 aliphatic heterocycles. The summed E-state index contributed by atoms with van der Waals surface area (Å²) in [5, 5.41) is 0. The molecule has 0 aromatic heterocycles. The van der Waals surface area contributed by atoms with E-state index in [-0.39, 0.29) is 18.0 Å². The zero-order valence-corrected chi connectivity index (χ0v) is 13.1. The lowest BCUT2D eigenvalue weighted by molar-refractivity contribution is 0.149. The third-order valence-electron chi connectivity index (χ3n) is 2.95. The molecule has 0 aliphatic carbocycles. The van der Waals surface area contributed by atoms with Gasteiger partial charge in [0, 0.05) is 25.8 Å². The van der Waals surface area contributed by atoms with E-state index in [4.69, 9.17) is 10.5 Å². The third kappa shape index (κ3) is 4.25. The minimum atomic E-state index is -3.92. The number of benzene rings is 1. The highest BCUT2D eigenvalue weighted by molar-refractivity contribution is 7.89. The van der Waals surface area contributed by atoms with Crippen molar-refractivity contribution in [2.24, 2.45) is 5.73 Å². The van der Waals surface area contributed by atoms with Crippen LogP contribution in [0.4, 0.5) is 4.39 Å². The minimum absolute atomic E-state index is 0.152. The summed E-state index contributed by atoms with van der Waals surface area (Å²) in [6.07, 6.45) is 0. The van der Waals surface area contributed by atoms with Crippen molar-refractivity contribution in [1.29, 1.82) is 0 Å².